The minimum atomic E-state index is -0.868. The summed E-state index contributed by atoms with van der Waals surface area (Å²) in [6.07, 6.45) is -0.605. The number of para-hydroxylation sites is 1. The predicted molar refractivity (Wildman–Crippen MR) is 106 cm³/mol. The molecule has 0 radical (unpaired) electrons. The average Bonchev–Trinajstić information content (AvgIpc) is 2.74. The van der Waals surface area contributed by atoms with Crippen molar-refractivity contribution in [2.45, 2.75) is 18.6 Å². The van der Waals surface area contributed by atoms with Gasteiger partial charge in [-0.05, 0) is 17.7 Å². The number of fused-ring (bicyclic) bond motifs is 1. The van der Waals surface area contributed by atoms with E-state index in [0.29, 0.717) is 11.3 Å². The molecule has 0 bridgehead atoms. The van der Waals surface area contributed by atoms with Crippen molar-refractivity contribution in [3.8, 4) is 0 Å². The molecule has 0 spiro atoms. The summed E-state index contributed by atoms with van der Waals surface area (Å²) in [5, 5.41) is 3.74. The second-order valence-corrected chi connectivity index (χ2v) is 6.31. The first kappa shape index (κ1) is 19.5. The van der Waals surface area contributed by atoms with Crippen LogP contribution in [0, 0.1) is 0 Å². The lowest BCUT2D eigenvalue weighted by molar-refractivity contribution is -0.146. The molecule has 2 aromatic carbocycles. The van der Waals surface area contributed by atoms with Crippen molar-refractivity contribution < 1.29 is 19.1 Å². The van der Waals surface area contributed by atoms with Gasteiger partial charge in [0, 0.05) is 24.6 Å². The van der Waals surface area contributed by atoms with Gasteiger partial charge in [-0.15, -0.1) is 0 Å². The lowest BCUT2D eigenvalue weighted by Crippen LogP contribution is -2.45. The van der Waals surface area contributed by atoms with Gasteiger partial charge in [0.05, 0.1) is 12.6 Å². The molecule has 1 amide bonds. The molecule has 6 heteroatoms. The van der Waals surface area contributed by atoms with E-state index in [0.717, 1.165) is 10.9 Å². The SMILES string of the molecule is COC(=O)[C@H](Cc1ccc2ccccc2n1)NC(=O)[C@H](OC)c1ccccc1. The van der Waals surface area contributed by atoms with Crippen molar-refractivity contribution in [1.29, 1.82) is 0 Å². The molecular formula is C22H22N2O4. The first-order chi connectivity index (χ1) is 13.6. The van der Waals surface area contributed by atoms with Gasteiger partial charge in [-0.25, -0.2) is 4.79 Å². The lowest BCUT2D eigenvalue weighted by Gasteiger charge is -2.20. The van der Waals surface area contributed by atoms with Crippen LogP contribution in [0.15, 0.2) is 66.7 Å². The first-order valence-electron chi connectivity index (χ1n) is 8.93. The highest BCUT2D eigenvalue weighted by molar-refractivity contribution is 5.88. The van der Waals surface area contributed by atoms with Crippen molar-refractivity contribution in [1.82, 2.24) is 10.3 Å². The molecule has 1 heterocycles. The highest BCUT2D eigenvalue weighted by atomic mass is 16.5. The van der Waals surface area contributed by atoms with Gasteiger partial charge in [0.1, 0.15) is 6.04 Å². The molecule has 0 saturated carbocycles. The Kier molecular flexibility index (Phi) is 6.34. The number of carbonyl (C=O) groups is 2. The van der Waals surface area contributed by atoms with Crippen LogP contribution in [0.5, 0.6) is 0 Å². The molecule has 2 atom stereocenters. The number of aromatic nitrogens is 1. The maximum Gasteiger partial charge on any atom is 0.328 e. The number of esters is 1. The Labute approximate surface area is 163 Å². The van der Waals surface area contributed by atoms with E-state index in [4.69, 9.17) is 9.47 Å². The zero-order chi connectivity index (χ0) is 19.9. The topological polar surface area (TPSA) is 77.5 Å². The molecule has 0 aliphatic carbocycles. The Bertz CT molecular complexity index is 959. The summed E-state index contributed by atoms with van der Waals surface area (Å²) < 4.78 is 10.2. The molecule has 0 aliphatic rings. The lowest BCUT2D eigenvalue weighted by atomic mass is 10.1. The predicted octanol–water partition coefficient (Wildman–Crippen LogP) is 2.82. The van der Waals surface area contributed by atoms with E-state index < -0.39 is 24.0 Å². The third-order valence-corrected chi connectivity index (χ3v) is 4.45. The first-order valence-corrected chi connectivity index (χ1v) is 8.93. The number of benzene rings is 2. The van der Waals surface area contributed by atoms with Crippen LogP contribution in [0.2, 0.25) is 0 Å². The van der Waals surface area contributed by atoms with Crippen LogP contribution in [-0.4, -0.2) is 37.1 Å². The van der Waals surface area contributed by atoms with E-state index in [2.05, 4.69) is 10.3 Å². The van der Waals surface area contributed by atoms with Crippen LogP contribution in [0.25, 0.3) is 10.9 Å². The second kappa shape index (κ2) is 9.10. The second-order valence-electron chi connectivity index (χ2n) is 6.31. The van der Waals surface area contributed by atoms with Gasteiger partial charge in [0.15, 0.2) is 6.10 Å². The zero-order valence-electron chi connectivity index (χ0n) is 15.8. The van der Waals surface area contributed by atoms with Crippen LogP contribution in [0.4, 0.5) is 0 Å². The van der Waals surface area contributed by atoms with Crippen LogP contribution >= 0.6 is 0 Å². The van der Waals surface area contributed by atoms with Crippen molar-refractivity contribution in [2.75, 3.05) is 14.2 Å². The number of carbonyl (C=O) groups excluding carboxylic acids is 2. The fourth-order valence-electron chi connectivity index (χ4n) is 3.04. The van der Waals surface area contributed by atoms with E-state index >= 15 is 0 Å². The Balaban J connectivity index is 1.79. The fourth-order valence-corrected chi connectivity index (χ4v) is 3.04. The highest BCUT2D eigenvalue weighted by Crippen LogP contribution is 2.17. The number of ether oxygens (including phenoxy) is 2. The van der Waals surface area contributed by atoms with Gasteiger partial charge >= 0.3 is 5.97 Å². The Morgan fingerprint density at radius 3 is 2.39 bits per heavy atom. The third kappa shape index (κ3) is 4.53. The van der Waals surface area contributed by atoms with Gasteiger partial charge < -0.3 is 14.8 Å². The van der Waals surface area contributed by atoms with E-state index in [1.165, 1.54) is 14.2 Å². The summed E-state index contributed by atoms with van der Waals surface area (Å²) >= 11 is 0. The number of methoxy groups -OCH3 is 2. The summed E-state index contributed by atoms with van der Waals surface area (Å²) in [7, 11) is 2.75. The third-order valence-electron chi connectivity index (χ3n) is 4.45. The average molecular weight is 378 g/mol. The smallest absolute Gasteiger partial charge is 0.328 e. The number of nitrogens with one attached hydrogen (secondary N) is 1. The van der Waals surface area contributed by atoms with Gasteiger partial charge in [-0.1, -0.05) is 54.6 Å². The molecule has 0 unspecified atom stereocenters. The van der Waals surface area contributed by atoms with Crippen molar-refractivity contribution >= 4 is 22.8 Å². The number of hydrogen-bond donors (Lipinski definition) is 1. The van der Waals surface area contributed by atoms with Crippen LogP contribution in [-0.2, 0) is 25.5 Å². The minimum Gasteiger partial charge on any atom is -0.467 e. The maximum absolute atomic E-state index is 12.7. The summed E-state index contributed by atoms with van der Waals surface area (Å²) in [4.78, 5) is 29.6. The van der Waals surface area contributed by atoms with Crippen LogP contribution < -0.4 is 5.32 Å². The summed E-state index contributed by atoms with van der Waals surface area (Å²) in [5.74, 6) is -0.948. The van der Waals surface area contributed by atoms with Gasteiger partial charge in [0.25, 0.3) is 5.91 Å². The largest absolute Gasteiger partial charge is 0.467 e. The molecule has 3 rings (SSSR count). The minimum absolute atomic E-state index is 0.217. The molecule has 6 nitrogen and oxygen atoms in total. The summed E-state index contributed by atoms with van der Waals surface area (Å²) in [6.45, 7) is 0. The van der Waals surface area contributed by atoms with E-state index in [-0.39, 0.29) is 6.42 Å². The molecule has 0 fully saturated rings. The number of nitrogens with zero attached hydrogens (tertiary/aromatic N) is 1. The Hall–Kier alpha value is -3.25. The maximum atomic E-state index is 12.7. The van der Waals surface area contributed by atoms with Gasteiger partial charge in [-0.2, -0.15) is 0 Å². The molecule has 0 aliphatic heterocycles. The van der Waals surface area contributed by atoms with Gasteiger partial charge in [-0.3, -0.25) is 9.78 Å². The van der Waals surface area contributed by atoms with E-state index in [1.54, 1.807) is 12.1 Å². The molecular weight excluding hydrogens is 356 g/mol. The molecule has 1 N–H and O–H groups in total. The number of hydrogen-bond acceptors (Lipinski definition) is 5. The number of amides is 1. The molecule has 3 aromatic rings. The van der Waals surface area contributed by atoms with Gasteiger partial charge in [0.2, 0.25) is 0 Å². The standard InChI is InChI=1S/C22H22N2O4/c1-27-20(16-9-4-3-5-10-16)21(25)24-19(22(26)28-2)14-17-13-12-15-8-6-7-11-18(15)23-17/h3-13,19-20H,14H2,1-2H3,(H,24,25)/t19-,20+/m0/s1. The normalized spacial score (nSPS) is 12.9. The summed E-state index contributed by atoms with van der Waals surface area (Å²) in [5.41, 5.74) is 2.21. The Morgan fingerprint density at radius 1 is 0.964 bits per heavy atom. The van der Waals surface area contributed by atoms with Crippen molar-refractivity contribution in [3.05, 3.63) is 78.0 Å². The highest BCUT2D eigenvalue weighted by Gasteiger charge is 2.27. The van der Waals surface area contributed by atoms with Crippen molar-refractivity contribution in [2.24, 2.45) is 0 Å². The van der Waals surface area contributed by atoms with E-state index in [9.17, 15) is 9.59 Å². The van der Waals surface area contributed by atoms with Crippen molar-refractivity contribution in [3.63, 3.8) is 0 Å². The molecule has 144 valence electrons. The monoisotopic (exact) mass is 378 g/mol. The van der Waals surface area contributed by atoms with Crippen LogP contribution in [0.3, 0.4) is 0 Å². The quantitative estimate of drug-likeness (QED) is 0.640. The van der Waals surface area contributed by atoms with Crippen LogP contribution in [0.1, 0.15) is 17.4 Å². The fraction of sp³-hybridized carbons (Fsp3) is 0.227. The number of rotatable bonds is 7. The Morgan fingerprint density at radius 2 is 1.68 bits per heavy atom. The molecule has 0 saturated heterocycles. The summed E-state index contributed by atoms with van der Waals surface area (Å²) in [6, 6.07) is 19.7. The zero-order valence-corrected chi connectivity index (χ0v) is 15.8. The number of pyridine rings is 1. The van der Waals surface area contributed by atoms with E-state index in [1.807, 2.05) is 54.6 Å². The molecule has 28 heavy (non-hydrogen) atoms. The molecule has 1 aromatic heterocycles.